The molecule has 0 atom stereocenters. The van der Waals surface area contributed by atoms with E-state index in [-0.39, 0.29) is 11.8 Å². The second-order valence-electron chi connectivity index (χ2n) is 6.66. The fraction of sp³-hybridized carbons (Fsp3) is 0.588. The number of anilines is 1. The highest BCUT2D eigenvalue weighted by molar-refractivity contribution is 7.89. The van der Waals surface area contributed by atoms with Gasteiger partial charge in [-0.25, -0.2) is 18.1 Å². The Labute approximate surface area is 158 Å². The van der Waals surface area contributed by atoms with Crippen LogP contribution in [0.2, 0.25) is 0 Å². The van der Waals surface area contributed by atoms with Gasteiger partial charge in [-0.15, -0.1) is 11.3 Å². The zero-order chi connectivity index (χ0) is 18.4. The van der Waals surface area contributed by atoms with Gasteiger partial charge in [0.1, 0.15) is 11.4 Å². The van der Waals surface area contributed by atoms with Crippen molar-refractivity contribution in [3.8, 4) is 11.4 Å². The monoisotopic (exact) mass is 395 g/mol. The number of hydrogen-bond acceptors (Lipinski definition) is 7. The van der Waals surface area contributed by atoms with Gasteiger partial charge < -0.3 is 5.32 Å². The molecule has 0 amide bonds. The number of nitrogens with one attached hydrogen (secondary N) is 2. The topological polar surface area (TPSA) is 96.9 Å². The Morgan fingerprint density at radius 2 is 2.00 bits per heavy atom. The average Bonchev–Trinajstić information content (AvgIpc) is 3.10. The van der Waals surface area contributed by atoms with E-state index >= 15 is 0 Å². The summed E-state index contributed by atoms with van der Waals surface area (Å²) in [5.41, 5.74) is 1.61. The molecule has 142 valence electrons. The van der Waals surface area contributed by atoms with E-state index in [0.717, 1.165) is 48.7 Å². The lowest BCUT2D eigenvalue weighted by atomic mass is 9.86. The van der Waals surface area contributed by atoms with E-state index in [9.17, 15) is 8.42 Å². The molecule has 1 aliphatic rings. The Morgan fingerprint density at radius 1 is 1.19 bits per heavy atom. The van der Waals surface area contributed by atoms with Crippen molar-refractivity contribution in [3.05, 3.63) is 24.0 Å². The lowest BCUT2D eigenvalue weighted by molar-refractivity contribution is 0.324. The number of sulfonamides is 1. The molecule has 2 aromatic heterocycles. The third kappa shape index (κ3) is 5.46. The van der Waals surface area contributed by atoms with Crippen molar-refractivity contribution in [2.45, 2.75) is 45.1 Å². The molecule has 9 heteroatoms. The van der Waals surface area contributed by atoms with Gasteiger partial charge in [0.25, 0.3) is 0 Å². The maximum atomic E-state index is 11.9. The van der Waals surface area contributed by atoms with Crippen LogP contribution in [0.3, 0.4) is 0 Å². The van der Waals surface area contributed by atoms with Crippen LogP contribution in [-0.2, 0) is 10.0 Å². The zero-order valence-electron chi connectivity index (χ0n) is 14.9. The molecule has 0 aromatic carbocycles. The summed E-state index contributed by atoms with van der Waals surface area (Å²) in [5, 5.41) is 6.27. The molecule has 1 saturated carbocycles. The summed E-state index contributed by atoms with van der Waals surface area (Å²) in [4.78, 5) is 12.9. The molecule has 26 heavy (non-hydrogen) atoms. The van der Waals surface area contributed by atoms with E-state index in [1.54, 1.807) is 29.9 Å². The Bertz CT molecular complexity index is 786. The fourth-order valence-electron chi connectivity index (χ4n) is 3.20. The highest BCUT2D eigenvalue weighted by atomic mass is 32.2. The van der Waals surface area contributed by atoms with Crippen molar-refractivity contribution in [3.63, 3.8) is 0 Å². The second-order valence-corrected chi connectivity index (χ2v) is 9.40. The molecule has 1 aliphatic carbocycles. The van der Waals surface area contributed by atoms with Gasteiger partial charge >= 0.3 is 0 Å². The lowest BCUT2D eigenvalue weighted by Gasteiger charge is -2.29. The molecule has 0 radical (unpaired) electrons. The van der Waals surface area contributed by atoms with Crippen molar-refractivity contribution < 1.29 is 8.42 Å². The van der Waals surface area contributed by atoms with Gasteiger partial charge in [0.2, 0.25) is 10.0 Å². The predicted molar refractivity (Wildman–Crippen MR) is 105 cm³/mol. The molecule has 2 heterocycles. The minimum absolute atomic E-state index is 0.0888. The van der Waals surface area contributed by atoms with E-state index in [2.05, 4.69) is 25.0 Å². The van der Waals surface area contributed by atoms with Crippen molar-refractivity contribution in [1.82, 2.24) is 19.7 Å². The summed E-state index contributed by atoms with van der Waals surface area (Å²) in [7, 11) is -3.11. The molecular weight excluding hydrogens is 370 g/mol. The first-order valence-electron chi connectivity index (χ1n) is 9.01. The minimum Gasteiger partial charge on any atom is -0.361 e. The smallest absolute Gasteiger partial charge is 0.211 e. The number of thiazole rings is 1. The molecule has 0 spiro atoms. The number of hydrogen-bond donors (Lipinski definition) is 2. The molecule has 0 bridgehead atoms. The molecule has 1 fully saturated rings. The van der Waals surface area contributed by atoms with Crippen LogP contribution in [-0.4, -0.2) is 41.7 Å². The van der Waals surface area contributed by atoms with E-state index < -0.39 is 10.0 Å². The van der Waals surface area contributed by atoms with Gasteiger partial charge in [0, 0.05) is 30.4 Å². The first-order valence-corrected chi connectivity index (χ1v) is 11.5. The van der Waals surface area contributed by atoms with Crippen molar-refractivity contribution in [2.24, 2.45) is 5.92 Å². The van der Waals surface area contributed by atoms with Gasteiger partial charge in [-0.05, 0) is 38.0 Å². The van der Waals surface area contributed by atoms with Crippen LogP contribution in [0.4, 0.5) is 5.13 Å². The SMILES string of the molecule is CCCS(=O)(=O)NC1CCC(CNc2nc(-c3cnccn3)cs2)CC1. The Hall–Kier alpha value is -1.58. The summed E-state index contributed by atoms with van der Waals surface area (Å²) in [6.07, 6.45) is 9.51. The van der Waals surface area contributed by atoms with Gasteiger partial charge in [-0.1, -0.05) is 6.92 Å². The van der Waals surface area contributed by atoms with Crippen LogP contribution in [0.1, 0.15) is 39.0 Å². The molecule has 2 N–H and O–H groups in total. The van der Waals surface area contributed by atoms with Crippen LogP contribution in [0, 0.1) is 5.92 Å². The first kappa shape index (κ1) is 19.2. The molecule has 2 aromatic rings. The first-order chi connectivity index (χ1) is 12.6. The van der Waals surface area contributed by atoms with Crippen LogP contribution in [0.15, 0.2) is 24.0 Å². The van der Waals surface area contributed by atoms with Crippen molar-refractivity contribution >= 4 is 26.5 Å². The van der Waals surface area contributed by atoms with Gasteiger partial charge in [0.15, 0.2) is 5.13 Å². The predicted octanol–water partition coefficient (Wildman–Crippen LogP) is 2.90. The van der Waals surface area contributed by atoms with E-state index in [1.807, 2.05) is 12.3 Å². The largest absolute Gasteiger partial charge is 0.361 e. The summed E-state index contributed by atoms with van der Waals surface area (Å²) in [6.45, 7) is 2.75. The summed E-state index contributed by atoms with van der Waals surface area (Å²) in [6, 6.07) is 0.0888. The molecule has 3 rings (SSSR count). The highest BCUT2D eigenvalue weighted by Gasteiger charge is 2.24. The Balaban J connectivity index is 1.44. The van der Waals surface area contributed by atoms with E-state index in [0.29, 0.717) is 12.3 Å². The van der Waals surface area contributed by atoms with E-state index in [1.165, 1.54) is 0 Å². The molecule has 0 aliphatic heterocycles. The molecule has 7 nitrogen and oxygen atoms in total. The maximum absolute atomic E-state index is 11.9. The molecule has 0 unspecified atom stereocenters. The van der Waals surface area contributed by atoms with Gasteiger partial charge in [-0.3, -0.25) is 9.97 Å². The summed E-state index contributed by atoms with van der Waals surface area (Å²) < 4.78 is 26.6. The molecular formula is C17H25N5O2S2. The highest BCUT2D eigenvalue weighted by Crippen LogP contribution is 2.27. The van der Waals surface area contributed by atoms with Gasteiger partial charge in [0.05, 0.1) is 11.9 Å². The fourth-order valence-corrected chi connectivity index (χ4v) is 5.31. The molecule has 0 saturated heterocycles. The second kappa shape index (κ2) is 8.88. The Kier molecular flexibility index (Phi) is 6.55. The van der Waals surface area contributed by atoms with Crippen molar-refractivity contribution in [2.75, 3.05) is 17.6 Å². The maximum Gasteiger partial charge on any atom is 0.211 e. The zero-order valence-corrected chi connectivity index (χ0v) is 16.5. The lowest BCUT2D eigenvalue weighted by Crippen LogP contribution is -2.39. The normalized spacial score (nSPS) is 20.8. The van der Waals surface area contributed by atoms with Crippen molar-refractivity contribution in [1.29, 1.82) is 0 Å². The number of nitrogens with zero attached hydrogens (tertiary/aromatic N) is 3. The average molecular weight is 396 g/mol. The summed E-state index contributed by atoms with van der Waals surface area (Å²) in [5.74, 6) is 0.762. The third-order valence-electron chi connectivity index (χ3n) is 4.54. The van der Waals surface area contributed by atoms with Crippen LogP contribution in [0.5, 0.6) is 0 Å². The van der Waals surface area contributed by atoms with Crippen LogP contribution < -0.4 is 10.0 Å². The summed E-state index contributed by atoms with van der Waals surface area (Å²) >= 11 is 1.57. The van der Waals surface area contributed by atoms with E-state index in [4.69, 9.17) is 0 Å². The Morgan fingerprint density at radius 3 is 2.69 bits per heavy atom. The van der Waals surface area contributed by atoms with Crippen LogP contribution >= 0.6 is 11.3 Å². The third-order valence-corrected chi connectivity index (χ3v) is 6.98. The van der Waals surface area contributed by atoms with Gasteiger partial charge in [-0.2, -0.15) is 0 Å². The number of rotatable bonds is 8. The minimum atomic E-state index is -3.11. The number of aromatic nitrogens is 3. The standard InChI is InChI=1S/C17H25N5O2S2/c1-2-9-26(23,24)22-14-5-3-13(4-6-14)10-20-17-21-16(12-25-17)15-11-18-7-8-19-15/h7-8,11-14,22H,2-6,9-10H2,1H3,(H,20,21). The quantitative estimate of drug-likeness (QED) is 0.713. The van der Waals surface area contributed by atoms with Crippen LogP contribution in [0.25, 0.3) is 11.4 Å².